The molecule has 0 aromatic carbocycles. The van der Waals surface area contributed by atoms with Crippen LogP contribution in [0.25, 0.3) is 0 Å². The van der Waals surface area contributed by atoms with Crippen molar-refractivity contribution in [3.05, 3.63) is 18.2 Å². The van der Waals surface area contributed by atoms with Gasteiger partial charge in [-0.1, -0.05) is 0 Å². The molecule has 5 rings (SSSR count). The van der Waals surface area contributed by atoms with E-state index in [0.29, 0.717) is 30.5 Å². The zero-order valence-corrected chi connectivity index (χ0v) is 17.8. The number of carbonyl (C=O) groups is 1. The Morgan fingerprint density at radius 1 is 1.28 bits per heavy atom. The highest BCUT2D eigenvalue weighted by Crippen LogP contribution is 2.31. The monoisotopic (exact) mass is 452 g/mol. The molecule has 1 aromatic heterocycles. The Morgan fingerprint density at radius 2 is 2.09 bits per heavy atom. The van der Waals surface area contributed by atoms with Crippen molar-refractivity contribution in [3.63, 3.8) is 0 Å². The summed E-state index contributed by atoms with van der Waals surface area (Å²) in [5, 5.41) is 7.49. The van der Waals surface area contributed by atoms with Crippen molar-refractivity contribution in [1.82, 2.24) is 25.6 Å². The third kappa shape index (κ3) is 4.18. The minimum atomic E-state index is -1.04. The number of nitrogens with zero attached hydrogens (tertiary/aromatic N) is 4. The Bertz CT molecular complexity index is 834. The summed E-state index contributed by atoms with van der Waals surface area (Å²) in [5.41, 5.74) is 9.75. The molecule has 0 spiro atoms. The molecule has 10 nitrogen and oxygen atoms in total. The van der Waals surface area contributed by atoms with Crippen molar-refractivity contribution in [2.45, 2.75) is 31.0 Å². The lowest BCUT2D eigenvalue weighted by Crippen LogP contribution is -2.58. The highest BCUT2D eigenvalue weighted by Gasteiger charge is 2.47. The van der Waals surface area contributed by atoms with Gasteiger partial charge in [-0.15, -0.1) is 0 Å². The molecule has 4 aliphatic rings. The number of halogens is 2. The first-order valence-electron chi connectivity index (χ1n) is 11.2. The van der Waals surface area contributed by atoms with Crippen LogP contribution in [0.15, 0.2) is 12.4 Å². The number of aromatic nitrogens is 1. The molecular formula is C20H30F2N8O2. The summed E-state index contributed by atoms with van der Waals surface area (Å²) in [4.78, 5) is 21.4. The lowest BCUT2D eigenvalue weighted by molar-refractivity contribution is -0.121. The maximum atomic E-state index is 14.9. The number of piperazine rings is 1. The second kappa shape index (κ2) is 9.12. The van der Waals surface area contributed by atoms with E-state index < -0.39 is 30.2 Å². The number of carbonyl (C=O) groups excluding carboxylic acids is 1. The summed E-state index contributed by atoms with van der Waals surface area (Å²) < 4.78 is 34.1. The van der Waals surface area contributed by atoms with Gasteiger partial charge < -0.3 is 20.7 Å². The lowest BCUT2D eigenvalue weighted by Gasteiger charge is -2.39. The van der Waals surface area contributed by atoms with Crippen LogP contribution in [0.3, 0.4) is 0 Å². The fourth-order valence-electron chi connectivity index (χ4n) is 5.16. The Balaban J connectivity index is 1.29. The molecule has 1 amide bonds. The molecule has 0 aliphatic carbocycles. The molecule has 4 saturated heterocycles. The molecule has 0 saturated carbocycles. The fraction of sp³-hybridized carbons (Fsp3) is 0.700. The Morgan fingerprint density at radius 3 is 2.84 bits per heavy atom. The number of hydrazine groups is 1. The van der Waals surface area contributed by atoms with Crippen molar-refractivity contribution in [3.8, 4) is 0 Å². The van der Waals surface area contributed by atoms with Crippen molar-refractivity contribution in [2.75, 3.05) is 62.7 Å². The van der Waals surface area contributed by atoms with Gasteiger partial charge in [0.05, 0.1) is 42.9 Å². The van der Waals surface area contributed by atoms with Gasteiger partial charge in [0.15, 0.2) is 5.82 Å². The molecule has 4 unspecified atom stereocenters. The second-order valence-electron chi connectivity index (χ2n) is 8.83. The van der Waals surface area contributed by atoms with Crippen molar-refractivity contribution < 1.29 is 18.3 Å². The van der Waals surface area contributed by atoms with Gasteiger partial charge >= 0.3 is 0 Å². The first kappa shape index (κ1) is 21.9. The van der Waals surface area contributed by atoms with Crippen LogP contribution in [-0.2, 0) is 9.53 Å². The number of pyridine rings is 1. The molecule has 32 heavy (non-hydrogen) atoms. The van der Waals surface area contributed by atoms with Gasteiger partial charge in [0.2, 0.25) is 5.91 Å². The fourth-order valence-corrected chi connectivity index (χ4v) is 5.16. The number of anilines is 2. The Hall–Kier alpha value is -1.96. The number of ether oxygens (including phenoxy) is 1. The number of hydrogen-bond donors (Lipinski definition) is 4. The van der Waals surface area contributed by atoms with Crippen LogP contribution in [0.5, 0.6) is 0 Å². The summed E-state index contributed by atoms with van der Waals surface area (Å²) in [7, 11) is 0. The van der Waals surface area contributed by atoms with Crippen LogP contribution in [0.1, 0.15) is 6.42 Å². The molecule has 1 aromatic rings. The highest BCUT2D eigenvalue weighted by atomic mass is 19.1. The molecule has 0 radical (unpaired) electrons. The molecule has 0 bridgehead atoms. The molecular weight excluding hydrogens is 422 g/mol. The third-order valence-corrected chi connectivity index (χ3v) is 6.81. The smallest absolute Gasteiger partial charge is 0.233 e. The van der Waals surface area contributed by atoms with E-state index in [1.807, 2.05) is 4.90 Å². The first-order chi connectivity index (χ1) is 15.5. The van der Waals surface area contributed by atoms with E-state index in [1.165, 1.54) is 6.20 Å². The Labute approximate surface area is 185 Å². The summed E-state index contributed by atoms with van der Waals surface area (Å²) in [6, 6.07) is 0.421. The average molecular weight is 453 g/mol. The van der Waals surface area contributed by atoms with Gasteiger partial charge in [-0.25, -0.2) is 19.2 Å². The van der Waals surface area contributed by atoms with E-state index in [0.717, 1.165) is 38.9 Å². The number of nitrogens with two attached hydrogens (primary N) is 1. The van der Waals surface area contributed by atoms with Crippen LogP contribution in [0.4, 0.5) is 20.2 Å². The first-order valence-corrected chi connectivity index (χ1v) is 11.2. The van der Waals surface area contributed by atoms with Crippen LogP contribution in [-0.4, -0.2) is 97.8 Å². The van der Waals surface area contributed by atoms with Gasteiger partial charge in [0.25, 0.3) is 0 Å². The largest absolute Gasteiger partial charge is 0.380 e. The second-order valence-corrected chi connectivity index (χ2v) is 8.83. The number of amides is 1. The number of nitrogens with one attached hydrogen (secondary N) is 3. The molecule has 5 atom stereocenters. The predicted octanol–water partition coefficient (Wildman–Crippen LogP) is -0.941. The van der Waals surface area contributed by atoms with Crippen LogP contribution in [0, 0.1) is 11.7 Å². The third-order valence-electron chi connectivity index (χ3n) is 6.81. The van der Waals surface area contributed by atoms with Crippen LogP contribution >= 0.6 is 0 Å². The number of rotatable bonds is 4. The SMILES string of the molecule is NC1NN2CC(F)CNC2C1C(=O)Nc1cncc(F)c1N1CCN([C@H]2CCOC2)CC1. The van der Waals surface area contributed by atoms with E-state index in [4.69, 9.17) is 10.5 Å². The average Bonchev–Trinajstić information content (AvgIpc) is 3.41. The van der Waals surface area contributed by atoms with Gasteiger partial charge in [-0.2, -0.15) is 0 Å². The van der Waals surface area contributed by atoms with Crippen LogP contribution < -0.4 is 26.7 Å². The van der Waals surface area contributed by atoms with Gasteiger partial charge in [0, 0.05) is 51.9 Å². The molecule has 4 aliphatic heterocycles. The van der Waals surface area contributed by atoms with E-state index in [1.54, 1.807) is 5.01 Å². The maximum Gasteiger partial charge on any atom is 0.233 e. The van der Waals surface area contributed by atoms with Gasteiger partial charge in [0.1, 0.15) is 11.9 Å². The topological polar surface area (TPSA) is 111 Å². The van der Waals surface area contributed by atoms with E-state index >= 15 is 0 Å². The quantitative estimate of drug-likeness (QED) is 0.460. The molecule has 4 fully saturated rings. The van der Waals surface area contributed by atoms with E-state index in [-0.39, 0.29) is 19.0 Å². The summed E-state index contributed by atoms with van der Waals surface area (Å²) in [5.74, 6) is -1.51. The molecule has 5 N–H and O–H groups in total. The number of alkyl halides is 1. The zero-order valence-electron chi connectivity index (χ0n) is 17.8. The van der Waals surface area contributed by atoms with Crippen molar-refractivity contribution in [2.24, 2.45) is 11.7 Å². The summed E-state index contributed by atoms with van der Waals surface area (Å²) in [6.45, 7) is 4.72. The number of fused-ring (bicyclic) bond motifs is 1. The van der Waals surface area contributed by atoms with Crippen LogP contribution in [0.2, 0.25) is 0 Å². The summed E-state index contributed by atoms with van der Waals surface area (Å²) >= 11 is 0. The van der Waals surface area contributed by atoms with Gasteiger partial charge in [-0.3, -0.25) is 20.0 Å². The molecule has 5 heterocycles. The normalized spacial score (nSPS) is 34.0. The zero-order chi connectivity index (χ0) is 22.2. The van der Waals surface area contributed by atoms with Crippen molar-refractivity contribution >= 4 is 17.3 Å². The maximum absolute atomic E-state index is 14.9. The minimum absolute atomic E-state index is 0.151. The molecule has 12 heteroatoms. The van der Waals surface area contributed by atoms with E-state index in [2.05, 4.69) is 25.9 Å². The number of hydrogen-bond acceptors (Lipinski definition) is 9. The van der Waals surface area contributed by atoms with E-state index in [9.17, 15) is 13.6 Å². The lowest BCUT2D eigenvalue weighted by atomic mass is 10.0. The van der Waals surface area contributed by atoms with Crippen molar-refractivity contribution in [1.29, 1.82) is 0 Å². The standard InChI is InChI=1S/C20H30F2N8O2/c21-12-7-25-19-16(18(23)27-30(19)10-12)20(31)26-15-9-24-8-14(22)17(15)29-4-2-28(3-5-29)13-1-6-32-11-13/h8-9,12-13,16,18-19,25,27H,1-7,10-11,23H2,(H,26,31)/t12?,13-,16?,18?,19?/m0/s1. The Kier molecular flexibility index (Phi) is 6.23. The minimum Gasteiger partial charge on any atom is -0.380 e. The highest BCUT2D eigenvalue weighted by molar-refractivity contribution is 5.96. The van der Waals surface area contributed by atoms with Gasteiger partial charge in [-0.05, 0) is 6.42 Å². The molecule has 176 valence electrons. The summed E-state index contributed by atoms with van der Waals surface area (Å²) in [6.07, 6.45) is 1.50. The predicted molar refractivity (Wildman–Crippen MR) is 114 cm³/mol.